The number of aryl methyl sites for hydroxylation is 2. The van der Waals surface area contributed by atoms with E-state index in [9.17, 15) is 9.59 Å². The molecule has 2 heterocycles. The molecule has 2 aliphatic heterocycles. The van der Waals surface area contributed by atoms with E-state index in [0.29, 0.717) is 6.54 Å². The predicted octanol–water partition coefficient (Wildman–Crippen LogP) is 2.82. The Morgan fingerprint density at radius 3 is 2.79 bits per heavy atom. The van der Waals surface area contributed by atoms with Crippen molar-refractivity contribution in [3.05, 3.63) is 34.9 Å². The fourth-order valence-electron chi connectivity index (χ4n) is 3.64. The zero-order valence-electron chi connectivity index (χ0n) is 14.6. The molecule has 3 amide bonds. The van der Waals surface area contributed by atoms with Crippen LogP contribution in [0.4, 0.5) is 4.79 Å². The average Bonchev–Trinajstić information content (AvgIpc) is 2.97. The minimum Gasteiger partial charge on any atom is -0.354 e. The first-order valence-corrected chi connectivity index (χ1v) is 8.98. The van der Waals surface area contributed by atoms with Gasteiger partial charge in [-0.3, -0.25) is 4.79 Å². The van der Waals surface area contributed by atoms with E-state index in [2.05, 4.69) is 42.7 Å². The third-order valence-corrected chi connectivity index (χ3v) is 5.26. The summed E-state index contributed by atoms with van der Waals surface area (Å²) in [5, 5.41) is 5.83. The van der Waals surface area contributed by atoms with Gasteiger partial charge in [0.25, 0.3) is 0 Å². The summed E-state index contributed by atoms with van der Waals surface area (Å²) in [6, 6.07) is 6.02. The van der Waals surface area contributed by atoms with Crippen molar-refractivity contribution in [3.8, 4) is 0 Å². The van der Waals surface area contributed by atoms with Gasteiger partial charge in [0.1, 0.15) is 6.04 Å². The lowest BCUT2D eigenvalue weighted by molar-refractivity contribution is -0.122. The molecule has 24 heavy (non-hydrogen) atoms. The molecule has 2 atom stereocenters. The van der Waals surface area contributed by atoms with Crippen LogP contribution in [0.3, 0.4) is 0 Å². The maximum absolute atomic E-state index is 12.7. The predicted molar refractivity (Wildman–Crippen MR) is 93.8 cm³/mol. The van der Waals surface area contributed by atoms with E-state index in [1.54, 1.807) is 0 Å². The van der Waals surface area contributed by atoms with Crippen molar-refractivity contribution in [1.29, 1.82) is 0 Å². The zero-order valence-corrected chi connectivity index (χ0v) is 14.6. The number of nitrogens with one attached hydrogen (secondary N) is 2. The fourth-order valence-corrected chi connectivity index (χ4v) is 3.64. The number of hydrogen-bond donors (Lipinski definition) is 2. The number of benzene rings is 1. The molecule has 0 radical (unpaired) electrons. The lowest BCUT2D eigenvalue weighted by atomic mass is 9.99. The molecule has 2 saturated heterocycles. The van der Waals surface area contributed by atoms with E-state index >= 15 is 0 Å². The molecular weight excluding hydrogens is 302 g/mol. The van der Waals surface area contributed by atoms with Gasteiger partial charge in [0.05, 0.1) is 6.04 Å². The van der Waals surface area contributed by atoms with Crippen molar-refractivity contribution >= 4 is 11.9 Å². The van der Waals surface area contributed by atoms with Crippen molar-refractivity contribution in [2.24, 2.45) is 0 Å². The highest BCUT2D eigenvalue weighted by molar-refractivity contribution is 5.87. The first kappa shape index (κ1) is 16.8. The summed E-state index contributed by atoms with van der Waals surface area (Å²) < 4.78 is 0. The monoisotopic (exact) mass is 329 g/mol. The summed E-state index contributed by atoms with van der Waals surface area (Å²) in [6.07, 6.45) is 4.64. The summed E-state index contributed by atoms with van der Waals surface area (Å²) >= 11 is 0. The topological polar surface area (TPSA) is 61.4 Å². The van der Waals surface area contributed by atoms with E-state index in [4.69, 9.17) is 0 Å². The van der Waals surface area contributed by atoms with Crippen LogP contribution in [-0.2, 0) is 4.79 Å². The first-order chi connectivity index (χ1) is 11.6. The average molecular weight is 329 g/mol. The molecule has 2 unspecified atom stereocenters. The van der Waals surface area contributed by atoms with E-state index in [1.165, 1.54) is 16.7 Å². The van der Waals surface area contributed by atoms with Gasteiger partial charge >= 0.3 is 6.03 Å². The van der Waals surface area contributed by atoms with E-state index in [1.807, 2.05) is 4.90 Å². The maximum atomic E-state index is 12.7. The highest BCUT2D eigenvalue weighted by atomic mass is 16.2. The van der Waals surface area contributed by atoms with E-state index in [-0.39, 0.29) is 18.0 Å². The SMILES string of the molecule is Cc1ccc(C2CCCN2C(=O)NC2CCCCNC2=O)cc1C. The third kappa shape index (κ3) is 3.55. The van der Waals surface area contributed by atoms with Crippen LogP contribution in [-0.4, -0.2) is 36.0 Å². The molecule has 0 aromatic heterocycles. The second-order valence-electron chi connectivity index (χ2n) is 6.98. The van der Waals surface area contributed by atoms with E-state index in [0.717, 1.165) is 38.6 Å². The van der Waals surface area contributed by atoms with Crippen LogP contribution < -0.4 is 10.6 Å². The number of likely N-dealkylation sites (tertiary alicyclic amines) is 1. The molecule has 0 aliphatic carbocycles. The largest absolute Gasteiger partial charge is 0.354 e. The van der Waals surface area contributed by atoms with Gasteiger partial charge in [-0.05, 0) is 62.6 Å². The van der Waals surface area contributed by atoms with Gasteiger partial charge in [-0.1, -0.05) is 18.2 Å². The van der Waals surface area contributed by atoms with Crippen molar-refractivity contribution in [3.63, 3.8) is 0 Å². The van der Waals surface area contributed by atoms with Gasteiger partial charge in [-0.2, -0.15) is 0 Å². The van der Waals surface area contributed by atoms with Crippen LogP contribution in [0.2, 0.25) is 0 Å². The number of hydrogen-bond acceptors (Lipinski definition) is 2. The molecule has 130 valence electrons. The summed E-state index contributed by atoms with van der Waals surface area (Å²) in [5.41, 5.74) is 3.71. The van der Waals surface area contributed by atoms with Gasteiger partial charge in [-0.15, -0.1) is 0 Å². The number of rotatable bonds is 2. The molecule has 2 fully saturated rings. The van der Waals surface area contributed by atoms with Gasteiger partial charge < -0.3 is 15.5 Å². The van der Waals surface area contributed by atoms with Crippen molar-refractivity contribution in [2.45, 2.75) is 58.0 Å². The molecule has 2 aliphatic rings. The Labute approximate surface area is 143 Å². The summed E-state index contributed by atoms with van der Waals surface area (Å²) in [4.78, 5) is 26.7. The van der Waals surface area contributed by atoms with Crippen LogP contribution in [0, 0.1) is 13.8 Å². The minimum atomic E-state index is -0.402. The number of urea groups is 1. The quantitative estimate of drug-likeness (QED) is 0.876. The second-order valence-corrected chi connectivity index (χ2v) is 6.98. The molecular formula is C19H27N3O2. The second kappa shape index (κ2) is 7.24. The van der Waals surface area contributed by atoms with Gasteiger partial charge in [-0.25, -0.2) is 4.79 Å². The highest BCUT2D eigenvalue weighted by Gasteiger charge is 2.32. The highest BCUT2D eigenvalue weighted by Crippen LogP contribution is 2.32. The van der Waals surface area contributed by atoms with Crippen LogP contribution in [0.15, 0.2) is 18.2 Å². The Morgan fingerprint density at radius 2 is 2.00 bits per heavy atom. The molecule has 3 rings (SSSR count). The smallest absolute Gasteiger partial charge is 0.318 e. The molecule has 0 saturated carbocycles. The third-order valence-electron chi connectivity index (χ3n) is 5.26. The number of nitrogens with zero attached hydrogens (tertiary/aromatic N) is 1. The summed E-state index contributed by atoms with van der Waals surface area (Å²) in [7, 11) is 0. The number of amides is 3. The van der Waals surface area contributed by atoms with Gasteiger partial charge in [0.15, 0.2) is 0 Å². The summed E-state index contributed by atoms with van der Waals surface area (Å²) in [6.45, 7) is 5.66. The molecule has 0 spiro atoms. The zero-order chi connectivity index (χ0) is 17.1. The Morgan fingerprint density at radius 1 is 1.17 bits per heavy atom. The Balaban J connectivity index is 1.71. The van der Waals surface area contributed by atoms with E-state index < -0.39 is 6.04 Å². The Bertz CT molecular complexity index is 629. The van der Waals surface area contributed by atoms with Crippen LogP contribution in [0.25, 0.3) is 0 Å². The maximum Gasteiger partial charge on any atom is 0.318 e. The molecule has 5 heteroatoms. The normalized spacial score (nSPS) is 24.4. The molecule has 1 aromatic carbocycles. The Kier molecular flexibility index (Phi) is 5.07. The molecule has 2 N–H and O–H groups in total. The van der Waals surface area contributed by atoms with Crippen molar-refractivity contribution in [1.82, 2.24) is 15.5 Å². The Hall–Kier alpha value is -2.04. The minimum absolute atomic E-state index is 0.0530. The fraction of sp³-hybridized carbons (Fsp3) is 0.579. The van der Waals surface area contributed by atoms with Crippen molar-refractivity contribution < 1.29 is 9.59 Å². The standard InChI is InChI=1S/C19H27N3O2/c1-13-8-9-15(12-14(13)2)17-7-5-11-22(17)19(24)21-16-6-3-4-10-20-18(16)23/h8-9,12,16-17H,3-7,10-11H2,1-2H3,(H,20,23)(H,21,24). The summed E-state index contributed by atoms with van der Waals surface area (Å²) in [5.74, 6) is -0.0530. The van der Waals surface area contributed by atoms with Crippen LogP contribution in [0.1, 0.15) is 54.8 Å². The van der Waals surface area contributed by atoms with Crippen LogP contribution in [0.5, 0.6) is 0 Å². The lowest BCUT2D eigenvalue weighted by Crippen LogP contribution is -2.50. The lowest BCUT2D eigenvalue weighted by Gasteiger charge is -2.27. The van der Waals surface area contributed by atoms with Gasteiger partial charge in [0, 0.05) is 13.1 Å². The van der Waals surface area contributed by atoms with Crippen LogP contribution >= 0.6 is 0 Å². The molecule has 0 bridgehead atoms. The number of carbonyl (C=O) groups excluding carboxylic acids is 2. The molecule has 1 aromatic rings. The first-order valence-electron chi connectivity index (χ1n) is 8.98. The van der Waals surface area contributed by atoms with Gasteiger partial charge in [0.2, 0.25) is 5.91 Å². The number of carbonyl (C=O) groups is 2. The molecule has 5 nitrogen and oxygen atoms in total. The van der Waals surface area contributed by atoms with Crippen molar-refractivity contribution in [2.75, 3.05) is 13.1 Å².